The van der Waals surface area contributed by atoms with Crippen molar-refractivity contribution < 1.29 is 0 Å². The fourth-order valence-corrected chi connectivity index (χ4v) is 3.57. The largest absolute Gasteiger partial charge is 0.310 e. The summed E-state index contributed by atoms with van der Waals surface area (Å²) in [5.74, 6) is 0.749. The summed E-state index contributed by atoms with van der Waals surface area (Å²) < 4.78 is 1.95. The molecule has 0 fully saturated rings. The van der Waals surface area contributed by atoms with Crippen LogP contribution in [0.25, 0.3) is 11.2 Å². The lowest BCUT2D eigenvalue weighted by molar-refractivity contribution is 0.611. The van der Waals surface area contributed by atoms with E-state index < -0.39 is 0 Å². The van der Waals surface area contributed by atoms with Gasteiger partial charge in [-0.15, -0.1) is 11.6 Å². The summed E-state index contributed by atoms with van der Waals surface area (Å²) in [4.78, 5) is 14.9. The van der Waals surface area contributed by atoms with Gasteiger partial charge in [-0.05, 0) is 30.7 Å². The molecule has 1 atom stereocenters. The van der Waals surface area contributed by atoms with Gasteiger partial charge in [-0.1, -0.05) is 29.3 Å². The van der Waals surface area contributed by atoms with Gasteiger partial charge >= 0.3 is 0 Å². The van der Waals surface area contributed by atoms with Crippen molar-refractivity contribution in [3.8, 4) is 0 Å². The fraction of sp³-hybridized carbons (Fsp3) is 0.267. The molecule has 8 heteroatoms. The topological polar surface area (TPSA) is 46.8 Å². The highest BCUT2D eigenvalue weighted by atomic mass is 35.5. The van der Waals surface area contributed by atoms with Crippen molar-refractivity contribution in [2.75, 3.05) is 11.4 Å². The Morgan fingerprint density at radius 2 is 1.78 bits per heavy atom. The van der Waals surface area contributed by atoms with Gasteiger partial charge in [0.05, 0.1) is 5.38 Å². The lowest BCUT2D eigenvalue weighted by Gasteiger charge is -2.32. The van der Waals surface area contributed by atoms with Crippen LogP contribution in [0.4, 0.5) is 11.6 Å². The van der Waals surface area contributed by atoms with Crippen LogP contribution in [0.1, 0.15) is 5.56 Å². The number of imidazole rings is 1. The third-order valence-corrected chi connectivity index (χ3v) is 4.57. The van der Waals surface area contributed by atoms with Gasteiger partial charge in [0.15, 0.2) is 10.8 Å². The van der Waals surface area contributed by atoms with Crippen LogP contribution in [0.5, 0.6) is 0 Å². The number of anilines is 2. The van der Waals surface area contributed by atoms with Crippen molar-refractivity contribution in [1.82, 2.24) is 19.5 Å². The summed E-state index contributed by atoms with van der Waals surface area (Å²) in [7, 11) is 0. The summed E-state index contributed by atoms with van der Waals surface area (Å²) in [5, 5.41) is 0.295. The Morgan fingerprint density at radius 3 is 2.52 bits per heavy atom. The monoisotopic (exact) mass is 367 g/mol. The molecule has 0 N–H and O–H groups in total. The lowest BCUT2D eigenvalue weighted by Crippen LogP contribution is -2.35. The number of hydrogen-bond donors (Lipinski definition) is 0. The highest BCUT2D eigenvalue weighted by Gasteiger charge is 2.29. The molecule has 0 aliphatic carbocycles. The number of benzene rings is 1. The van der Waals surface area contributed by atoms with E-state index in [9.17, 15) is 0 Å². The number of fused-ring (bicyclic) bond motifs is 3. The minimum atomic E-state index is -0.0760. The lowest BCUT2D eigenvalue weighted by atomic mass is 10.2. The van der Waals surface area contributed by atoms with Gasteiger partial charge in [-0.2, -0.15) is 9.97 Å². The Bertz CT molecular complexity index is 890. The summed E-state index contributed by atoms with van der Waals surface area (Å²) in [6.07, 6.45) is 0. The SMILES string of the molecule is Cc1ccc(N2CC(Cl)Cn3c2nc2nc(Cl)nc(Cl)c23)cc1. The van der Waals surface area contributed by atoms with E-state index in [1.807, 2.05) is 16.7 Å². The average molecular weight is 369 g/mol. The molecule has 2 aromatic heterocycles. The van der Waals surface area contributed by atoms with Gasteiger partial charge in [0.2, 0.25) is 11.2 Å². The molecule has 0 saturated carbocycles. The van der Waals surface area contributed by atoms with Gasteiger partial charge in [0.1, 0.15) is 5.52 Å². The highest BCUT2D eigenvalue weighted by Crippen LogP contribution is 2.35. The summed E-state index contributed by atoms with van der Waals surface area (Å²) >= 11 is 18.6. The van der Waals surface area contributed by atoms with E-state index in [2.05, 4.69) is 38.9 Å². The molecule has 1 aliphatic rings. The van der Waals surface area contributed by atoms with Crippen molar-refractivity contribution in [2.45, 2.75) is 18.8 Å². The molecule has 1 aliphatic heterocycles. The van der Waals surface area contributed by atoms with Crippen LogP contribution in [-0.2, 0) is 6.54 Å². The van der Waals surface area contributed by atoms with Gasteiger partial charge in [0.25, 0.3) is 0 Å². The number of rotatable bonds is 1. The first kappa shape index (κ1) is 15.0. The molecule has 0 saturated heterocycles. The van der Waals surface area contributed by atoms with Crippen molar-refractivity contribution in [3.05, 3.63) is 40.3 Å². The maximum atomic E-state index is 6.46. The van der Waals surface area contributed by atoms with Gasteiger partial charge < -0.3 is 9.47 Å². The molecule has 4 rings (SSSR count). The maximum absolute atomic E-state index is 6.46. The smallest absolute Gasteiger partial charge is 0.225 e. The Hall–Kier alpha value is -1.56. The predicted molar refractivity (Wildman–Crippen MR) is 93.2 cm³/mol. The van der Waals surface area contributed by atoms with Crippen LogP contribution in [0.3, 0.4) is 0 Å². The maximum Gasteiger partial charge on any atom is 0.225 e. The summed E-state index contributed by atoms with van der Waals surface area (Å²) in [6, 6.07) is 8.22. The zero-order valence-corrected chi connectivity index (χ0v) is 14.4. The summed E-state index contributed by atoms with van der Waals surface area (Å²) in [6.45, 7) is 3.31. The zero-order valence-electron chi connectivity index (χ0n) is 12.2. The molecule has 3 heterocycles. The van der Waals surface area contributed by atoms with E-state index in [0.717, 1.165) is 11.6 Å². The second kappa shape index (κ2) is 5.51. The number of aromatic nitrogens is 4. The van der Waals surface area contributed by atoms with E-state index in [1.165, 1.54) is 5.56 Å². The normalized spacial score (nSPS) is 17.6. The van der Waals surface area contributed by atoms with Crippen molar-refractivity contribution >= 4 is 57.6 Å². The van der Waals surface area contributed by atoms with Crippen LogP contribution >= 0.6 is 34.8 Å². The Labute approximate surface area is 147 Å². The molecule has 23 heavy (non-hydrogen) atoms. The molecule has 3 aromatic rings. The van der Waals surface area contributed by atoms with Gasteiger partial charge in [0, 0.05) is 18.8 Å². The first-order valence-corrected chi connectivity index (χ1v) is 8.29. The number of hydrogen-bond acceptors (Lipinski definition) is 4. The summed E-state index contributed by atoms with van der Waals surface area (Å²) in [5.41, 5.74) is 3.36. The van der Waals surface area contributed by atoms with Gasteiger partial charge in [-0.3, -0.25) is 0 Å². The van der Waals surface area contributed by atoms with E-state index in [0.29, 0.717) is 24.3 Å². The number of alkyl halides is 1. The Kier molecular flexibility index (Phi) is 3.59. The first-order valence-electron chi connectivity index (χ1n) is 7.10. The second-order valence-electron chi connectivity index (χ2n) is 5.52. The highest BCUT2D eigenvalue weighted by molar-refractivity contribution is 6.35. The Balaban J connectivity index is 1.93. The third-order valence-electron chi connectivity index (χ3n) is 3.86. The van der Waals surface area contributed by atoms with Crippen molar-refractivity contribution in [2.24, 2.45) is 0 Å². The molecule has 118 valence electrons. The molecule has 0 radical (unpaired) electrons. The van der Waals surface area contributed by atoms with E-state index in [1.54, 1.807) is 0 Å². The molecule has 1 unspecified atom stereocenters. The van der Waals surface area contributed by atoms with Crippen LogP contribution in [0.15, 0.2) is 24.3 Å². The minimum absolute atomic E-state index is 0.0760. The molecule has 0 spiro atoms. The molecule has 0 amide bonds. The Morgan fingerprint density at radius 1 is 1.04 bits per heavy atom. The first-order chi connectivity index (χ1) is 11.0. The fourth-order valence-electron chi connectivity index (χ4n) is 2.82. The number of halogens is 3. The number of aryl methyl sites for hydroxylation is 1. The average Bonchev–Trinajstić information content (AvgIpc) is 2.85. The van der Waals surface area contributed by atoms with E-state index in [4.69, 9.17) is 34.8 Å². The van der Waals surface area contributed by atoms with Crippen molar-refractivity contribution in [3.63, 3.8) is 0 Å². The molecule has 0 bridgehead atoms. The van der Waals surface area contributed by atoms with Gasteiger partial charge in [-0.25, -0.2) is 4.98 Å². The predicted octanol–water partition coefficient (Wildman–Crippen LogP) is 4.20. The standard InChI is InChI=1S/C15H12Cl3N5/c1-8-2-4-10(5-3-8)22-6-9(16)7-23-11-12(17)19-14(18)20-13(11)21-15(22)23/h2-5,9H,6-7H2,1H3. The van der Waals surface area contributed by atoms with Crippen LogP contribution in [0, 0.1) is 6.92 Å². The van der Waals surface area contributed by atoms with Crippen molar-refractivity contribution in [1.29, 1.82) is 0 Å². The van der Waals surface area contributed by atoms with E-state index >= 15 is 0 Å². The quantitative estimate of drug-likeness (QED) is 0.367. The second-order valence-corrected chi connectivity index (χ2v) is 6.83. The molecule has 5 nitrogen and oxygen atoms in total. The minimum Gasteiger partial charge on any atom is -0.310 e. The molecular formula is C15H12Cl3N5. The molecule has 1 aromatic carbocycles. The number of nitrogens with zero attached hydrogens (tertiary/aromatic N) is 5. The van der Waals surface area contributed by atoms with E-state index in [-0.39, 0.29) is 15.8 Å². The van der Waals surface area contributed by atoms with Crippen LogP contribution in [0.2, 0.25) is 10.4 Å². The van der Waals surface area contributed by atoms with Crippen LogP contribution in [-0.4, -0.2) is 31.4 Å². The molecular weight excluding hydrogens is 357 g/mol. The van der Waals surface area contributed by atoms with Crippen LogP contribution < -0.4 is 4.90 Å². The third kappa shape index (κ3) is 2.53. The zero-order chi connectivity index (χ0) is 16.1.